The van der Waals surface area contributed by atoms with Crippen LogP contribution in [0.25, 0.3) is 21.5 Å². The zero-order valence-electron chi connectivity index (χ0n) is 17.1. The van der Waals surface area contributed by atoms with E-state index in [0.29, 0.717) is 0 Å². The lowest BCUT2D eigenvalue weighted by atomic mass is 9.98. The number of hydrogen-bond donors (Lipinski definition) is 0. The molecule has 9 heteroatoms. The standard InChI is InChI=1S/C23H17NS.CHF3O3S/c24-14-17-9-11-18(12-10-17)15-25-16-23-21-7-3-1-5-19(21)13-20-6-2-4-8-22(20)23;2-1(3,4)8(5,6)7/h1-13H,15-16H2;(H,5,6,7). The zero-order chi connectivity index (χ0) is 24.1. The third-order valence-electron chi connectivity index (χ3n) is 4.81. The molecule has 0 unspecified atom stereocenters. The molecule has 4 aromatic rings. The summed E-state index contributed by atoms with van der Waals surface area (Å²) in [6.45, 7) is 0. The maximum Gasteiger partial charge on any atom is 0.485 e. The number of nitrogens with zero attached hydrogens (tertiary/aromatic N) is 1. The van der Waals surface area contributed by atoms with Crippen molar-refractivity contribution in [3.05, 3.63) is 95.6 Å². The molecule has 4 aromatic carbocycles. The number of nitriles is 1. The van der Waals surface area contributed by atoms with Gasteiger partial charge in [-0.05, 0) is 51.5 Å². The Balaban J connectivity index is 0.000000331. The van der Waals surface area contributed by atoms with Crippen LogP contribution in [0.4, 0.5) is 13.2 Å². The highest BCUT2D eigenvalue weighted by Gasteiger charge is 2.36. The number of hydrogen-bond acceptors (Lipinski definition) is 4. The second kappa shape index (κ2) is 10.3. The van der Waals surface area contributed by atoms with Crippen molar-refractivity contribution < 1.29 is 26.1 Å². The lowest BCUT2D eigenvalue weighted by Crippen LogP contribution is -2.21. The normalized spacial score (nSPS) is 11.6. The molecule has 0 heterocycles. The molecule has 0 aromatic heterocycles. The van der Waals surface area contributed by atoms with Crippen LogP contribution >= 0.6 is 0 Å². The van der Waals surface area contributed by atoms with Gasteiger partial charge in [-0.25, -0.2) is 8.42 Å². The molecule has 4 nitrogen and oxygen atoms in total. The predicted octanol–water partition coefficient (Wildman–Crippen LogP) is 5.43. The summed E-state index contributed by atoms with van der Waals surface area (Å²) in [4.78, 5) is 0. The van der Waals surface area contributed by atoms with E-state index in [9.17, 15) is 13.2 Å². The van der Waals surface area contributed by atoms with Gasteiger partial charge < -0.3 is 4.55 Å². The van der Waals surface area contributed by atoms with E-state index in [1.54, 1.807) is 0 Å². The lowest BCUT2D eigenvalue weighted by Gasteiger charge is -2.08. The minimum absolute atomic E-state index is 0.723. The van der Waals surface area contributed by atoms with E-state index >= 15 is 0 Å². The number of rotatable bonds is 4. The first-order valence-electron chi connectivity index (χ1n) is 9.64. The third-order valence-corrected chi connectivity index (χ3v) is 6.51. The van der Waals surface area contributed by atoms with Crippen molar-refractivity contribution in [2.24, 2.45) is 0 Å². The van der Waals surface area contributed by atoms with E-state index in [1.807, 2.05) is 12.1 Å². The van der Waals surface area contributed by atoms with Gasteiger partial charge in [-0.2, -0.15) is 18.4 Å². The average molecular weight is 490 g/mol. The number of alkyl halides is 3. The Morgan fingerprint density at radius 3 is 1.79 bits per heavy atom. The van der Waals surface area contributed by atoms with Gasteiger partial charge in [0.2, 0.25) is 0 Å². The Hall–Kier alpha value is -3.06. The monoisotopic (exact) mass is 489 g/mol. The van der Waals surface area contributed by atoms with Crippen molar-refractivity contribution in [3.8, 4) is 6.07 Å². The summed E-state index contributed by atoms with van der Waals surface area (Å²) >= 11 is 1.37. The van der Waals surface area contributed by atoms with Crippen molar-refractivity contribution in [1.82, 2.24) is 0 Å². The minimum Gasteiger partial charge on any atom is -0.741 e. The van der Waals surface area contributed by atoms with Gasteiger partial charge in [0.15, 0.2) is 10.1 Å². The average Bonchev–Trinajstić information content (AvgIpc) is 2.78. The molecule has 0 saturated heterocycles. The Bertz CT molecular complexity index is 1360. The summed E-state index contributed by atoms with van der Waals surface area (Å²) in [6.07, 6.45) is 0. The smallest absolute Gasteiger partial charge is 0.485 e. The van der Waals surface area contributed by atoms with Gasteiger partial charge in [-0.3, -0.25) is 0 Å². The van der Waals surface area contributed by atoms with Gasteiger partial charge >= 0.3 is 5.51 Å². The quantitative estimate of drug-likeness (QED) is 0.126. The number of benzene rings is 4. The molecule has 0 radical (unpaired) electrons. The van der Waals surface area contributed by atoms with Crippen LogP contribution in [0.2, 0.25) is 0 Å². The van der Waals surface area contributed by atoms with Crippen LogP contribution in [0.5, 0.6) is 0 Å². The number of thiol groups is 1. The van der Waals surface area contributed by atoms with Crippen molar-refractivity contribution in [1.29, 1.82) is 5.26 Å². The highest BCUT2D eigenvalue weighted by Crippen LogP contribution is 2.29. The van der Waals surface area contributed by atoms with Crippen molar-refractivity contribution in [3.63, 3.8) is 0 Å². The summed E-state index contributed by atoms with van der Waals surface area (Å²) < 4.78 is 58.9. The predicted molar refractivity (Wildman–Crippen MR) is 125 cm³/mol. The Morgan fingerprint density at radius 2 is 1.33 bits per heavy atom. The van der Waals surface area contributed by atoms with Gasteiger partial charge in [0.25, 0.3) is 0 Å². The highest BCUT2D eigenvalue weighted by molar-refractivity contribution is 7.86. The number of halogens is 3. The molecular weight excluding hydrogens is 471 g/mol. The summed E-state index contributed by atoms with van der Waals surface area (Å²) in [6, 6.07) is 29.7. The van der Waals surface area contributed by atoms with E-state index in [1.165, 1.54) is 44.4 Å². The molecule has 0 saturated carbocycles. The SMILES string of the molecule is N#Cc1ccc(C[SH+]Cc2c3ccccc3cc3ccccc23)cc1.O=S(=O)([O-])C(F)(F)F. The summed E-state index contributed by atoms with van der Waals surface area (Å²) in [5, 5.41) is 14.2. The number of fused-ring (bicyclic) bond motifs is 2. The molecule has 0 aliphatic rings. The van der Waals surface area contributed by atoms with Crippen molar-refractivity contribution in [2.75, 3.05) is 0 Å². The fourth-order valence-corrected chi connectivity index (χ4v) is 4.40. The van der Waals surface area contributed by atoms with Gasteiger partial charge in [0.1, 0.15) is 11.5 Å². The van der Waals surface area contributed by atoms with Gasteiger partial charge in [0, 0.05) is 11.1 Å². The second-order valence-corrected chi connectivity index (χ2v) is 9.50. The van der Waals surface area contributed by atoms with E-state index in [0.717, 1.165) is 17.1 Å². The molecule has 4 rings (SSSR count). The summed E-state index contributed by atoms with van der Waals surface area (Å²) in [7, 11) is -6.09. The maximum atomic E-state index is 10.7. The van der Waals surface area contributed by atoms with Crippen molar-refractivity contribution >= 4 is 43.4 Å². The first-order chi connectivity index (χ1) is 15.6. The van der Waals surface area contributed by atoms with E-state index in [4.69, 9.17) is 18.2 Å². The van der Waals surface area contributed by atoms with Gasteiger partial charge in [-0.1, -0.05) is 60.7 Å². The first kappa shape index (κ1) is 24.6. The third kappa shape index (κ3) is 6.26. The fourth-order valence-electron chi connectivity index (χ4n) is 3.26. The van der Waals surface area contributed by atoms with Crippen LogP contribution < -0.4 is 0 Å². The molecule has 0 aliphatic carbocycles. The Kier molecular flexibility index (Phi) is 7.64. The summed E-state index contributed by atoms with van der Waals surface area (Å²) in [5.74, 6) is 2.03. The van der Waals surface area contributed by atoms with Crippen molar-refractivity contribution in [2.45, 2.75) is 17.0 Å². The van der Waals surface area contributed by atoms with Crippen LogP contribution in [0.15, 0.2) is 78.9 Å². The minimum atomic E-state index is -6.09. The molecule has 0 bridgehead atoms. The van der Waals surface area contributed by atoms with Crippen LogP contribution in [0.3, 0.4) is 0 Å². The first-order valence-corrected chi connectivity index (χ1v) is 12.3. The van der Waals surface area contributed by atoms with Crippen LogP contribution in [0, 0.1) is 11.3 Å². The molecule has 0 fully saturated rings. The second-order valence-electron chi connectivity index (χ2n) is 7.05. The Morgan fingerprint density at radius 1 is 0.848 bits per heavy atom. The lowest BCUT2D eigenvalue weighted by molar-refractivity contribution is -0.0517. The molecule has 0 atom stereocenters. The highest BCUT2D eigenvalue weighted by atomic mass is 32.2. The Labute approximate surface area is 193 Å². The van der Waals surface area contributed by atoms with Gasteiger partial charge in [0.05, 0.1) is 11.6 Å². The maximum absolute atomic E-state index is 10.7. The zero-order valence-corrected chi connectivity index (χ0v) is 18.8. The molecule has 0 N–H and O–H groups in total. The van der Waals surface area contributed by atoms with Gasteiger partial charge in [-0.15, -0.1) is 0 Å². The fraction of sp³-hybridized carbons (Fsp3) is 0.125. The largest absolute Gasteiger partial charge is 0.741 e. The molecule has 0 amide bonds. The van der Waals surface area contributed by atoms with E-state index < -0.39 is 15.6 Å². The molecule has 33 heavy (non-hydrogen) atoms. The summed E-state index contributed by atoms with van der Waals surface area (Å²) in [5.41, 5.74) is -2.21. The van der Waals surface area contributed by atoms with Crippen LogP contribution in [-0.4, -0.2) is 18.5 Å². The molecule has 0 spiro atoms. The molecule has 0 aliphatic heterocycles. The van der Waals surface area contributed by atoms with Crippen LogP contribution in [0.1, 0.15) is 16.7 Å². The topological polar surface area (TPSA) is 81.0 Å². The van der Waals surface area contributed by atoms with Crippen LogP contribution in [-0.2, 0) is 33.4 Å². The van der Waals surface area contributed by atoms with E-state index in [-0.39, 0.29) is 0 Å². The molecular formula is C24H18F3NO3S2. The molecule has 170 valence electrons. The van der Waals surface area contributed by atoms with E-state index in [2.05, 4.69) is 72.8 Å².